The molecule has 1 rings (SSSR count). The monoisotopic (exact) mass is 292 g/mol. The molecule has 0 aromatic heterocycles. The highest BCUT2D eigenvalue weighted by atomic mass is 16.5. The van der Waals surface area contributed by atoms with E-state index in [1.807, 2.05) is 45.9 Å². The Morgan fingerprint density at radius 3 is 2.24 bits per heavy atom. The first kappa shape index (κ1) is 17.0. The molecule has 0 bridgehead atoms. The Kier molecular flexibility index (Phi) is 6.72. The average molecular weight is 292 g/mol. The molecular formula is C16H24N2O3. The Labute approximate surface area is 126 Å². The molecule has 1 aromatic carbocycles. The summed E-state index contributed by atoms with van der Waals surface area (Å²) in [6.07, 6.45) is -0.564. The summed E-state index contributed by atoms with van der Waals surface area (Å²) in [6.45, 7) is 7.98. The molecule has 0 spiro atoms. The van der Waals surface area contributed by atoms with E-state index in [1.54, 1.807) is 12.1 Å². The normalized spacial score (nSPS) is 12.1. The largest absolute Gasteiger partial charge is 0.449 e. The van der Waals surface area contributed by atoms with Crippen molar-refractivity contribution in [1.82, 2.24) is 5.32 Å². The highest BCUT2D eigenvalue weighted by Crippen LogP contribution is 2.09. The molecule has 116 valence electrons. The number of para-hydroxylation sites is 1. The van der Waals surface area contributed by atoms with Crippen molar-refractivity contribution < 1.29 is 14.3 Å². The lowest BCUT2D eigenvalue weighted by Gasteiger charge is -2.21. The summed E-state index contributed by atoms with van der Waals surface area (Å²) in [6, 6.07) is 8.51. The minimum Gasteiger partial charge on any atom is -0.449 e. The average Bonchev–Trinajstić information content (AvgIpc) is 2.43. The van der Waals surface area contributed by atoms with Crippen LogP contribution in [0.1, 0.15) is 27.7 Å². The van der Waals surface area contributed by atoms with Gasteiger partial charge in [-0.3, -0.25) is 4.79 Å². The lowest BCUT2D eigenvalue weighted by atomic mass is 10.0. The maximum Gasteiger partial charge on any atom is 0.407 e. The summed E-state index contributed by atoms with van der Waals surface area (Å²) in [5.41, 5.74) is 0.700. The van der Waals surface area contributed by atoms with Gasteiger partial charge in [-0.05, 0) is 24.0 Å². The van der Waals surface area contributed by atoms with Crippen LogP contribution < -0.4 is 10.6 Å². The van der Waals surface area contributed by atoms with Crippen LogP contribution in [-0.2, 0) is 9.53 Å². The first-order chi connectivity index (χ1) is 9.90. The van der Waals surface area contributed by atoms with Gasteiger partial charge >= 0.3 is 6.09 Å². The van der Waals surface area contributed by atoms with Gasteiger partial charge < -0.3 is 15.4 Å². The SMILES string of the molecule is CC(C)COC(=O)N[C@H](C(=O)Nc1ccccc1)C(C)C. The quantitative estimate of drug-likeness (QED) is 0.847. The summed E-state index contributed by atoms with van der Waals surface area (Å²) in [5, 5.41) is 5.40. The van der Waals surface area contributed by atoms with Crippen LogP contribution in [-0.4, -0.2) is 24.6 Å². The standard InChI is InChI=1S/C16H24N2O3/c1-11(2)10-21-16(20)18-14(12(3)4)15(19)17-13-8-6-5-7-9-13/h5-9,11-12,14H,10H2,1-4H3,(H,17,19)(H,18,20)/t14-/m0/s1. The number of anilines is 1. The summed E-state index contributed by atoms with van der Waals surface area (Å²) < 4.78 is 5.05. The van der Waals surface area contributed by atoms with Crippen molar-refractivity contribution in [2.45, 2.75) is 33.7 Å². The number of hydrogen-bond donors (Lipinski definition) is 2. The zero-order valence-corrected chi connectivity index (χ0v) is 13.1. The van der Waals surface area contributed by atoms with Crippen LogP contribution in [0.25, 0.3) is 0 Å². The first-order valence-corrected chi connectivity index (χ1v) is 7.19. The van der Waals surface area contributed by atoms with E-state index in [2.05, 4.69) is 10.6 Å². The molecule has 0 saturated heterocycles. The van der Waals surface area contributed by atoms with Crippen molar-refractivity contribution in [2.24, 2.45) is 11.8 Å². The number of carbonyl (C=O) groups is 2. The van der Waals surface area contributed by atoms with Gasteiger partial charge in [0.1, 0.15) is 6.04 Å². The van der Waals surface area contributed by atoms with Crippen LogP contribution in [0, 0.1) is 11.8 Å². The fraction of sp³-hybridized carbons (Fsp3) is 0.500. The van der Waals surface area contributed by atoms with E-state index < -0.39 is 12.1 Å². The molecule has 2 amide bonds. The Morgan fingerprint density at radius 1 is 1.10 bits per heavy atom. The molecule has 2 N–H and O–H groups in total. The highest BCUT2D eigenvalue weighted by Gasteiger charge is 2.24. The molecule has 21 heavy (non-hydrogen) atoms. The second-order valence-corrected chi connectivity index (χ2v) is 5.71. The van der Waals surface area contributed by atoms with Gasteiger partial charge in [0.15, 0.2) is 0 Å². The van der Waals surface area contributed by atoms with Gasteiger partial charge in [-0.2, -0.15) is 0 Å². The van der Waals surface area contributed by atoms with Crippen LogP contribution in [0.5, 0.6) is 0 Å². The molecule has 0 radical (unpaired) electrons. The van der Waals surface area contributed by atoms with Crippen LogP contribution in [0.4, 0.5) is 10.5 Å². The van der Waals surface area contributed by atoms with Crippen molar-refractivity contribution in [3.05, 3.63) is 30.3 Å². The predicted octanol–water partition coefficient (Wildman–Crippen LogP) is 3.03. The molecule has 0 unspecified atom stereocenters. The summed E-state index contributed by atoms with van der Waals surface area (Å²) in [5.74, 6) is -0.0376. The first-order valence-electron chi connectivity index (χ1n) is 7.19. The predicted molar refractivity (Wildman–Crippen MR) is 83.0 cm³/mol. The van der Waals surface area contributed by atoms with Crippen molar-refractivity contribution in [2.75, 3.05) is 11.9 Å². The number of amides is 2. The topological polar surface area (TPSA) is 67.4 Å². The maximum absolute atomic E-state index is 12.2. The maximum atomic E-state index is 12.2. The van der Waals surface area contributed by atoms with E-state index in [9.17, 15) is 9.59 Å². The van der Waals surface area contributed by atoms with Gasteiger partial charge in [0.2, 0.25) is 5.91 Å². The highest BCUT2D eigenvalue weighted by molar-refractivity contribution is 5.96. The molecule has 0 fully saturated rings. The van der Waals surface area contributed by atoms with Crippen LogP contribution in [0.3, 0.4) is 0 Å². The van der Waals surface area contributed by atoms with Crippen molar-refractivity contribution in [3.63, 3.8) is 0 Å². The third-order valence-electron chi connectivity index (χ3n) is 2.81. The summed E-state index contributed by atoms with van der Waals surface area (Å²) in [4.78, 5) is 24.0. The number of carbonyl (C=O) groups excluding carboxylic acids is 2. The van der Waals surface area contributed by atoms with E-state index in [0.29, 0.717) is 12.3 Å². The van der Waals surface area contributed by atoms with Gasteiger partial charge in [-0.1, -0.05) is 45.9 Å². The van der Waals surface area contributed by atoms with Crippen molar-refractivity contribution >= 4 is 17.7 Å². The van der Waals surface area contributed by atoms with E-state index in [0.717, 1.165) is 0 Å². The lowest BCUT2D eigenvalue weighted by Crippen LogP contribution is -2.47. The number of rotatable bonds is 6. The Balaban J connectivity index is 2.60. The Hall–Kier alpha value is -2.04. The Bertz CT molecular complexity index is 458. The van der Waals surface area contributed by atoms with E-state index in [4.69, 9.17) is 4.74 Å². The zero-order valence-electron chi connectivity index (χ0n) is 13.1. The van der Waals surface area contributed by atoms with Gasteiger partial charge in [0, 0.05) is 5.69 Å². The van der Waals surface area contributed by atoms with Gasteiger partial charge in [-0.15, -0.1) is 0 Å². The fourth-order valence-corrected chi connectivity index (χ4v) is 1.69. The molecule has 1 aromatic rings. The second kappa shape index (κ2) is 8.29. The summed E-state index contributed by atoms with van der Waals surface area (Å²) >= 11 is 0. The molecule has 0 aliphatic heterocycles. The van der Waals surface area contributed by atoms with Crippen LogP contribution in [0.15, 0.2) is 30.3 Å². The molecular weight excluding hydrogens is 268 g/mol. The lowest BCUT2D eigenvalue weighted by molar-refractivity contribution is -0.119. The minimum atomic E-state index is -0.634. The number of nitrogens with one attached hydrogen (secondary N) is 2. The third-order valence-corrected chi connectivity index (χ3v) is 2.81. The number of ether oxygens (including phenoxy) is 1. The molecule has 0 aliphatic rings. The van der Waals surface area contributed by atoms with Crippen LogP contribution >= 0.6 is 0 Å². The molecule has 0 heterocycles. The fourth-order valence-electron chi connectivity index (χ4n) is 1.69. The summed E-state index contributed by atoms with van der Waals surface area (Å²) in [7, 11) is 0. The van der Waals surface area contributed by atoms with Gasteiger partial charge in [-0.25, -0.2) is 4.79 Å². The molecule has 1 atom stereocenters. The number of benzene rings is 1. The van der Waals surface area contributed by atoms with Crippen LogP contribution in [0.2, 0.25) is 0 Å². The van der Waals surface area contributed by atoms with Gasteiger partial charge in [0.25, 0.3) is 0 Å². The van der Waals surface area contributed by atoms with E-state index >= 15 is 0 Å². The molecule has 5 nitrogen and oxygen atoms in total. The number of hydrogen-bond acceptors (Lipinski definition) is 3. The second-order valence-electron chi connectivity index (χ2n) is 5.71. The minimum absolute atomic E-state index is 0.0414. The molecule has 0 saturated carbocycles. The molecule has 0 aliphatic carbocycles. The van der Waals surface area contributed by atoms with Crippen molar-refractivity contribution in [3.8, 4) is 0 Å². The van der Waals surface area contributed by atoms with E-state index in [-0.39, 0.29) is 17.7 Å². The van der Waals surface area contributed by atoms with Crippen molar-refractivity contribution in [1.29, 1.82) is 0 Å². The Morgan fingerprint density at radius 2 is 1.71 bits per heavy atom. The molecule has 5 heteroatoms. The van der Waals surface area contributed by atoms with Gasteiger partial charge in [0.05, 0.1) is 6.61 Å². The zero-order chi connectivity index (χ0) is 15.8. The van der Waals surface area contributed by atoms with E-state index in [1.165, 1.54) is 0 Å². The smallest absolute Gasteiger partial charge is 0.407 e. The number of alkyl carbamates (subject to hydrolysis) is 1. The third kappa shape index (κ3) is 6.29.